The fourth-order valence-corrected chi connectivity index (χ4v) is 3.54. The summed E-state index contributed by atoms with van der Waals surface area (Å²) in [7, 11) is 2.12. The van der Waals surface area contributed by atoms with Crippen molar-refractivity contribution in [1.82, 2.24) is 20.1 Å². The first-order valence-electron chi connectivity index (χ1n) is 9.55. The van der Waals surface area contributed by atoms with Gasteiger partial charge in [0.15, 0.2) is 0 Å². The number of amidine groups is 1. The van der Waals surface area contributed by atoms with Gasteiger partial charge in [0.2, 0.25) is 0 Å². The van der Waals surface area contributed by atoms with Crippen molar-refractivity contribution in [2.24, 2.45) is 4.99 Å². The fraction of sp³-hybridized carbons (Fsp3) is 0.286. The number of aliphatic imine (C=N–C) groups is 1. The van der Waals surface area contributed by atoms with Crippen LogP contribution >= 0.6 is 0 Å². The first-order valence-corrected chi connectivity index (χ1v) is 9.55. The molecule has 1 aromatic carbocycles. The summed E-state index contributed by atoms with van der Waals surface area (Å²) < 4.78 is 13.4. The van der Waals surface area contributed by atoms with E-state index in [1.54, 1.807) is 24.5 Å². The molecule has 2 aliphatic heterocycles. The number of nitrogens with zero attached hydrogens (tertiary/aromatic N) is 4. The van der Waals surface area contributed by atoms with Crippen LogP contribution in [-0.2, 0) is 0 Å². The molecule has 1 aromatic heterocycles. The maximum Gasteiger partial charge on any atom is 0.324 e. The van der Waals surface area contributed by atoms with E-state index < -0.39 is 11.8 Å². The van der Waals surface area contributed by atoms with Crippen LogP contribution in [0.4, 0.5) is 14.9 Å². The molecular weight excluding hydrogens is 371 g/mol. The Morgan fingerprint density at radius 1 is 1.07 bits per heavy atom. The monoisotopic (exact) mass is 394 g/mol. The zero-order valence-electron chi connectivity index (χ0n) is 16.2. The third-order valence-electron chi connectivity index (χ3n) is 5.08. The van der Waals surface area contributed by atoms with Crippen LogP contribution in [0.15, 0.2) is 59.5 Å². The van der Waals surface area contributed by atoms with E-state index >= 15 is 0 Å². The average molecular weight is 394 g/mol. The summed E-state index contributed by atoms with van der Waals surface area (Å²) in [4.78, 5) is 25.8. The van der Waals surface area contributed by atoms with Crippen molar-refractivity contribution in [3.8, 4) is 0 Å². The maximum absolute atomic E-state index is 13.4. The van der Waals surface area contributed by atoms with Crippen LogP contribution in [0.1, 0.15) is 5.56 Å². The Morgan fingerprint density at radius 2 is 1.83 bits per heavy atom. The van der Waals surface area contributed by atoms with E-state index in [1.807, 2.05) is 12.1 Å². The molecule has 0 saturated carbocycles. The molecule has 4 rings (SSSR count). The van der Waals surface area contributed by atoms with Gasteiger partial charge in [-0.1, -0.05) is 6.07 Å². The van der Waals surface area contributed by atoms with Crippen molar-refractivity contribution in [2.75, 3.05) is 45.1 Å². The second-order valence-electron chi connectivity index (χ2n) is 7.10. The summed E-state index contributed by atoms with van der Waals surface area (Å²) in [5, 5.41) is 5.49. The lowest BCUT2D eigenvalue weighted by Crippen LogP contribution is -2.44. The van der Waals surface area contributed by atoms with Crippen molar-refractivity contribution in [1.29, 1.82) is 0 Å². The molecule has 3 heterocycles. The number of halogens is 1. The molecule has 0 unspecified atom stereocenters. The van der Waals surface area contributed by atoms with Crippen LogP contribution in [0.25, 0.3) is 5.57 Å². The predicted molar refractivity (Wildman–Crippen MR) is 111 cm³/mol. The molecule has 2 amide bonds. The third-order valence-corrected chi connectivity index (χ3v) is 5.08. The molecule has 0 spiro atoms. The van der Waals surface area contributed by atoms with Crippen LogP contribution in [0, 0.1) is 5.82 Å². The van der Waals surface area contributed by atoms with Gasteiger partial charge < -0.3 is 15.1 Å². The number of piperazine rings is 1. The summed E-state index contributed by atoms with van der Waals surface area (Å²) in [5.74, 6) is 0.106. The molecule has 2 aliphatic rings. The lowest BCUT2D eigenvalue weighted by atomic mass is 10.0. The number of hydrogen-bond donors (Lipinski definition) is 2. The van der Waals surface area contributed by atoms with E-state index in [9.17, 15) is 9.18 Å². The lowest BCUT2D eigenvalue weighted by molar-refractivity contribution is 0.186. The van der Waals surface area contributed by atoms with Gasteiger partial charge in [0.1, 0.15) is 11.7 Å². The molecule has 0 radical (unpaired) electrons. The Bertz CT molecular complexity index is 951. The summed E-state index contributed by atoms with van der Waals surface area (Å²) >= 11 is 0. The average Bonchev–Trinajstić information content (AvgIpc) is 3.12. The minimum Gasteiger partial charge on any atom is -0.370 e. The van der Waals surface area contributed by atoms with E-state index in [4.69, 9.17) is 0 Å². The number of likely N-dealkylation sites (N-methyl/N-ethyl adjacent to an activating group) is 1. The molecule has 7 nitrogen and oxygen atoms in total. The minimum atomic E-state index is -0.458. The summed E-state index contributed by atoms with van der Waals surface area (Å²) in [6.07, 6.45) is 3.46. The zero-order chi connectivity index (χ0) is 20.2. The van der Waals surface area contributed by atoms with Gasteiger partial charge in [-0.3, -0.25) is 15.3 Å². The number of hydrogen-bond acceptors (Lipinski definition) is 5. The van der Waals surface area contributed by atoms with Crippen LogP contribution in [0.5, 0.6) is 0 Å². The molecule has 8 heteroatoms. The highest BCUT2D eigenvalue weighted by molar-refractivity contribution is 6.29. The Morgan fingerprint density at radius 3 is 2.55 bits per heavy atom. The van der Waals surface area contributed by atoms with Crippen molar-refractivity contribution < 1.29 is 9.18 Å². The van der Waals surface area contributed by atoms with Gasteiger partial charge in [-0.25, -0.2) is 9.18 Å². The highest BCUT2D eigenvalue weighted by Crippen LogP contribution is 2.28. The van der Waals surface area contributed by atoms with Crippen molar-refractivity contribution in [3.05, 3.63) is 65.9 Å². The fourth-order valence-electron chi connectivity index (χ4n) is 3.54. The number of urea groups is 1. The van der Waals surface area contributed by atoms with E-state index in [2.05, 4.69) is 37.5 Å². The van der Waals surface area contributed by atoms with E-state index in [-0.39, 0.29) is 0 Å². The second-order valence-corrected chi connectivity index (χ2v) is 7.10. The summed E-state index contributed by atoms with van der Waals surface area (Å²) in [6, 6.07) is 9.15. The van der Waals surface area contributed by atoms with E-state index in [0.717, 1.165) is 43.0 Å². The molecule has 0 atom stereocenters. The second kappa shape index (κ2) is 8.40. The van der Waals surface area contributed by atoms with Crippen LogP contribution in [0.2, 0.25) is 0 Å². The van der Waals surface area contributed by atoms with Gasteiger partial charge in [0.25, 0.3) is 0 Å². The smallest absolute Gasteiger partial charge is 0.324 e. The summed E-state index contributed by atoms with van der Waals surface area (Å²) in [5.41, 5.74) is 3.35. The molecule has 2 aromatic rings. The highest BCUT2D eigenvalue weighted by Gasteiger charge is 2.28. The standard InChI is InChI=1S/C21H23FN6O/c1-27-9-11-28(12-10-27)18-14-24-20(19(18)15-5-7-23-8-6-15)26-21(29)25-17-4-2-3-16(22)13-17/h2-8,13H,9-12,14H2,1H3,(H2,24,25,26,29). The van der Waals surface area contributed by atoms with Crippen molar-refractivity contribution in [2.45, 2.75) is 0 Å². The topological polar surface area (TPSA) is 72.9 Å². The Balaban J connectivity index is 1.56. The van der Waals surface area contributed by atoms with Gasteiger partial charge in [-0.15, -0.1) is 0 Å². The Labute approximate surface area is 168 Å². The van der Waals surface area contributed by atoms with Gasteiger partial charge in [-0.05, 0) is 42.9 Å². The lowest BCUT2D eigenvalue weighted by Gasteiger charge is -2.35. The van der Waals surface area contributed by atoms with Gasteiger partial charge in [0, 0.05) is 55.5 Å². The molecule has 1 saturated heterocycles. The van der Waals surface area contributed by atoms with E-state index in [1.165, 1.54) is 12.1 Å². The number of pyridine rings is 1. The SMILES string of the molecule is CN1CCN(C2=C(c3ccncc3)C(NC(=O)Nc3cccc(F)c3)=NC2)CC1. The molecule has 0 bridgehead atoms. The predicted octanol–water partition coefficient (Wildman–Crippen LogP) is 2.41. The van der Waals surface area contributed by atoms with Crippen molar-refractivity contribution >= 4 is 23.1 Å². The molecule has 0 aliphatic carbocycles. The van der Waals surface area contributed by atoms with Crippen LogP contribution in [0.3, 0.4) is 0 Å². The number of nitrogens with one attached hydrogen (secondary N) is 2. The number of anilines is 1. The molecule has 1 fully saturated rings. The summed E-state index contributed by atoms with van der Waals surface area (Å²) in [6.45, 7) is 4.31. The number of aromatic nitrogens is 1. The Hall–Kier alpha value is -3.26. The Kier molecular flexibility index (Phi) is 5.53. The largest absolute Gasteiger partial charge is 0.370 e. The normalized spacial score (nSPS) is 17.3. The molecule has 29 heavy (non-hydrogen) atoms. The third kappa shape index (κ3) is 4.43. The zero-order valence-corrected chi connectivity index (χ0v) is 16.2. The van der Waals surface area contributed by atoms with Crippen molar-refractivity contribution in [3.63, 3.8) is 0 Å². The van der Waals surface area contributed by atoms with Gasteiger partial charge in [-0.2, -0.15) is 0 Å². The maximum atomic E-state index is 13.4. The minimum absolute atomic E-state index is 0.384. The van der Waals surface area contributed by atoms with Gasteiger partial charge >= 0.3 is 6.03 Å². The van der Waals surface area contributed by atoms with Crippen LogP contribution < -0.4 is 10.6 Å². The first kappa shape index (κ1) is 19.1. The molecule has 150 valence electrons. The first-order chi connectivity index (χ1) is 14.1. The number of carbonyl (C=O) groups is 1. The van der Waals surface area contributed by atoms with E-state index in [0.29, 0.717) is 18.1 Å². The van der Waals surface area contributed by atoms with Crippen LogP contribution in [-0.4, -0.2) is 66.4 Å². The quantitative estimate of drug-likeness (QED) is 0.839. The highest BCUT2D eigenvalue weighted by atomic mass is 19.1. The number of carbonyl (C=O) groups excluding carboxylic acids is 1. The molecule has 2 N–H and O–H groups in total. The number of amides is 2. The van der Waals surface area contributed by atoms with Gasteiger partial charge in [0.05, 0.1) is 6.54 Å². The number of rotatable bonds is 3. The number of benzene rings is 1. The molecular formula is C21H23FN6O.